The van der Waals surface area contributed by atoms with Crippen LogP contribution < -0.4 is 0 Å². The van der Waals surface area contributed by atoms with E-state index in [1.165, 1.54) is 0 Å². The molecule has 0 spiro atoms. The Balaban J connectivity index is 2.25. The number of carbonyl (C=O) groups is 1. The molecular weight excluding hydrogens is 250 g/mol. The lowest BCUT2D eigenvalue weighted by Crippen LogP contribution is -2.14. The van der Waals surface area contributed by atoms with Gasteiger partial charge in [-0.3, -0.25) is 9.36 Å². The Hall–Kier alpha value is -2.55. The summed E-state index contributed by atoms with van der Waals surface area (Å²) in [6.07, 6.45) is 0.729. The maximum absolute atomic E-state index is 12.7. The molecule has 3 rings (SSSR count). The molecule has 0 atom stereocenters. The molecule has 0 unspecified atom stereocenters. The molecule has 3 heteroatoms. The van der Waals surface area contributed by atoms with Gasteiger partial charge in [-0.15, -0.1) is 0 Å². The molecule has 1 N–H and O–H groups in total. The summed E-state index contributed by atoms with van der Waals surface area (Å²) in [6.45, 7) is 2.00. The highest BCUT2D eigenvalue weighted by molar-refractivity contribution is 6.04. The molecule has 100 valence electrons. The Bertz CT molecular complexity index is 772. The summed E-state index contributed by atoms with van der Waals surface area (Å²) < 4.78 is 1.68. The minimum Gasteiger partial charge on any atom is -0.507 e. The summed E-state index contributed by atoms with van der Waals surface area (Å²) in [7, 11) is 0. The second-order valence-corrected chi connectivity index (χ2v) is 4.71. The molecule has 1 heterocycles. The van der Waals surface area contributed by atoms with Crippen molar-refractivity contribution >= 4 is 16.8 Å². The molecule has 0 saturated heterocycles. The van der Waals surface area contributed by atoms with Crippen molar-refractivity contribution in [3.8, 4) is 5.75 Å². The van der Waals surface area contributed by atoms with Gasteiger partial charge in [-0.25, -0.2) is 0 Å². The van der Waals surface area contributed by atoms with E-state index < -0.39 is 0 Å². The summed E-state index contributed by atoms with van der Waals surface area (Å²) in [5.74, 6) is 0.139. The largest absolute Gasteiger partial charge is 0.507 e. The van der Waals surface area contributed by atoms with Crippen LogP contribution >= 0.6 is 0 Å². The van der Waals surface area contributed by atoms with Gasteiger partial charge in [0.15, 0.2) is 0 Å². The lowest BCUT2D eigenvalue weighted by Gasteiger charge is -2.08. The van der Waals surface area contributed by atoms with Crippen molar-refractivity contribution in [1.82, 2.24) is 4.57 Å². The third kappa shape index (κ3) is 1.88. The number of aromatic nitrogens is 1. The van der Waals surface area contributed by atoms with E-state index >= 15 is 0 Å². The summed E-state index contributed by atoms with van der Waals surface area (Å²) >= 11 is 0. The van der Waals surface area contributed by atoms with Crippen LogP contribution in [0, 0.1) is 0 Å². The minimum atomic E-state index is -0.0666. The van der Waals surface area contributed by atoms with E-state index in [-0.39, 0.29) is 11.7 Å². The van der Waals surface area contributed by atoms with Gasteiger partial charge in [0.05, 0.1) is 5.52 Å². The molecule has 20 heavy (non-hydrogen) atoms. The molecule has 0 aliphatic heterocycles. The fourth-order valence-electron chi connectivity index (χ4n) is 2.48. The zero-order chi connectivity index (χ0) is 14.1. The summed E-state index contributed by atoms with van der Waals surface area (Å²) in [6, 6.07) is 16.3. The average molecular weight is 265 g/mol. The third-order valence-electron chi connectivity index (χ3n) is 3.49. The van der Waals surface area contributed by atoms with Crippen molar-refractivity contribution in [2.45, 2.75) is 13.3 Å². The molecule has 3 nitrogen and oxygen atoms in total. The Morgan fingerprint density at radius 2 is 1.85 bits per heavy atom. The maximum atomic E-state index is 12.7. The number of rotatable bonds is 2. The first-order chi connectivity index (χ1) is 9.72. The SMILES string of the molecule is CCc1cc2c(O)cccc2n1C(=O)c1ccccc1. The van der Waals surface area contributed by atoms with E-state index in [2.05, 4.69) is 0 Å². The first-order valence-corrected chi connectivity index (χ1v) is 6.64. The number of aromatic hydroxyl groups is 1. The normalized spacial score (nSPS) is 10.8. The Labute approximate surface area is 117 Å². The van der Waals surface area contributed by atoms with E-state index in [1.807, 2.05) is 37.3 Å². The summed E-state index contributed by atoms with van der Waals surface area (Å²) in [5.41, 5.74) is 2.29. The molecule has 0 amide bonds. The summed E-state index contributed by atoms with van der Waals surface area (Å²) in [4.78, 5) is 12.7. The van der Waals surface area contributed by atoms with Crippen molar-refractivity contribution in [3.63, 3.8) is 0 Å². The monoisotopic (exact) mass is 265 g/mol. The highest BCUT2D eigenvalue weighted by atomic mass is 16.3. The molecule has 0 aliphatic carbocycles. The van der Waals surface area contributed by atoms with Gasteiger partial charge >= 0.3 is 0 Å². The summed E-state index contributed by atoms with van der Waals surface area (Å²) in [5, 5.41) is 10.6. The van der Waals surface area contributed by atoms with Crippen LogP contribution in [-0.4, -0.2) is 15.6 Å². The molecule has 1 aromatic heterocycles. The van der Waals surface area contributed by atoms with E-state index in [9.17, 15) is 9.90 Å². The second-order valence-electron chi connectivity index (χ2n) is 4.71. The van der Waals surface area contributed by atoms with Gasteiger partial charge in [0.25, 0.3) is 5.91 Å². The van der Waals surface area contributed by atoms with E-state index in [0.717, 1.165) is 17.6 Å². The molecule has 0 aliphatic rings. The Morgan fingerprint density at radius 1 is 1.10 bits per heavy atom. The number of nitrogens with zero attached hydrogens (tertiary/aromatic N) is 1. The predicted molar refractivity (Wildman–Crippen MR) is 79.2 cm³/mol. The molecule has 0 radical (unpaired) electrons. The van der Waals surface area contributed by atoms with Crippen molar-refractivity contribution in [2.24, 2.45) is 0 Å². The quantitative estimate of drug-likeness (QED) is 0.769. The van der Waals surface area contributed by atoms with Crippen molar-refractivity contribution in [3.05, 3.63) is 65.9 Å². The number of carbonyl (C=O) groups excluding carboxylic acids is 1. The molecule has 0 saturated carbocycles. The van der Waals surface area contributed by atoms with Crippen LogP contribution in [0.1, 0.15) is 23.0 Å². The van der Waals surface area contributed by atoms with Gasteiger partial charge in [-0.05, 0) is 36.8 Å². The van der Waals surface area contributed by atoms with Gasteiger partial charge < -0.3 is 5.11 Å². The van der Waals surface area contributed by atoms with Crippen LogP contribution in [0.25, 0.3) is 10.9 Å². The standard InChI is InChI=1S/C17H15NO2/c1-2-13-11-14-15(9-6-10-16(14)19)18(13)17(20)12-7-4-3-5-8-12/h3-11,19H,2H2,1H3. The first-order valence-electron chi connectivity index (χ1n) is 6.64. The average Bonchev–Trinajstić information content (AvgIpc) is 2.87. The van der Waals surface area contributed by atoms with Crippen LogP contribution in [-0.2, 0) is 6.42 Å². The zero-order valence-electron chi connectivity index (χ0n) is 11.2. The van der Waals surface area contributed by atoms with Crippen molar-refractivity contribution in [2.75, 3.05) is 0 Å². The highest BCUT2D eigenvalue weighted by Crippen LogP contribution is 2.28. The molecule has 2 aromatic carbocycles. The lowest BCUT2D eigenvalue weighted by molar-refractivity contribution is 0.0962. The molecular formula is C17H15NO2. The second kappa shape index (κ2) is 4.85. The zero-order valence-corrected chi connectivity index (χ0v) is 11.2. The number of fused-ring (bicyclic) bond motifs is 1. The number of benzene rings is 2. The topological polar surface area (TPSA) is 42.2 Å². The van der Waals surface area contributed by atoms with Gasteiger partial charge in [-0.2, -0.15) is 0 Å². The van der Waals surface area contributed by atoms with Gasteiger partial charge in [0.1, 0.15) is 5.75 Å². The van der Waals surface area contributed by atoms with Crippen LogP contribution in [0.15, 0.2) is 54.6 Å². The smallest absolute Gasteiger partial charge is 0.262 e. The van der Waals surface area contributed by atoms with E-state index in [4.69, 9.17) is 0 Å². The predicted octanol–water partition coefficient (Wildman–Crippen LogP) is 3.60. The minimum absolute atomic E-state index is 0.0666. The van der Waals surface area contributed by atoms with E-state index in [0.29, 0.717) is 10.9 Å². The van der Waals surface area contributed by atoms with Crippen LogP contribution in [0.3, 0.4) is 0 Å². The Kier molecular flexibility index (Phi) is 3.03. The van der Waals surface area contributed by atoms with Gasteiger partial charge in [-0.1, -0.05) is 31.2 Å². The van der Waals surface area contributed by atoms with Gasteiger partial charge in [0.2, 0.25) is 0 Å². The van der Waals surface area contributed by atoms with Crippen molar-refractivity contribution in [1.29, 1.82) is 0 Å². The third-order valence-corrected chi connectivity index (χ3v) is 3.49. The van der Waals surface area contributed by atoms with Crippen molar-refractivity contribution < 1.29 is 9.90 Å². The fraction of sp³-hybridized carbons (Fsp3) is 0.118. The number of phenolic OH excluding ortho intramolecular Hbond substituents is 1. The molecule has 0 fully saturated rings. The van der Waals surface area contributed by atoms with Crippen LogP contribution in [0.5, 0.6) is 5.75 Å². The lowest BCUT2D eigenvalue weighted by atomic mass is 10.2. The first kappa shape index (κ1) is 12.5. The van der Waals surface area contributed by atoms with E-state index in [1.54, 1.807) is 28.8 Å². The van der Waals surface area contributed by atoms with Crippen LogP contribution in [0.2, 0.25) is 0 Å². The fourth-order valence-corrected chi connectivity index (χ4v) is 2.48. The molecule has 0 bridgehead atoms. The number of hydrogen-bond donors (Lipinski definition) is 1. The molecule has 3 aromatic rings. The number of phenols is 1. The number of aryl methyl sites for hydroxylation is 1. The maximum Gasteiger partial charge on any atom is 0.262 e. The highest BCUT2D eigenvalue weighted by Gasteiger charge is 2.17. The van der Waals surface area contributed by atoms with Crippen LogP contribution in [0.4, 0.5) is 0 Å². The Morgan fingerprint density at radius 3 is 2.55 bits per heavy atom. The number of hydrogen-bond acceptors (Lipinski definition) is 2. The van der Waals surface area contributed by atoms with Gasteiger partial charge in [0, 0.05) is 16.6 Å².